The number of hydrogen-bond acceptors (Lipinski definition) is 4. The Balaban J connectivity index is 1.68. The fraction of sp³-hybridized carbons (Fsp3) is 0.786. The molecule has 118 valence electrons. The van der Waals surface area contributed by atoms with Crippen LogP contribution < -0.4 is 5.32 Å². The maximum atomic E-state index is 12.0. The number of rotatable bonds is 5. The van der Waals surface area contributed by atoms with Crippen LogP contribution in [-0.2, 0) is 9.59 Å². The fourth-order valence-electron chi connectivity index (χ4n) is 2.99. The lowest BCUT2D eigenvalue weighted by atomic mass is 10.2. The molecule has 2 aliphatic heterocycles. The van der Waals surface area contributed by atoms with Crippen molar-refractivity contribution in [3.63, 3.8) is 0 Å². The normalized spacial score (nSPS) is 22.5. The first-order valence-electron chi connectivity index (χ1n) is 7.61. The molecule has 0 bridgehead atoms. The van der Waals surface area contributed by atoms with Crippen LogP contribution in [0, 0.1) is 0 Å². The molecule has 1 unspecified atom stereocenters. The molecule has 0 aromatic rings. The van der Waals surface area contributed by atoms with E-state index in [2.05, 4.69) is 10.2 Å². The van der Waals surface area contributed by atoms with Crippen molar-refractivity contribution in [3.8, 4) is 0 Å². The Kier molecular flexibility index (Phi) is 5.55. The van der Waals surface area contributed by atoms with Crippen molar-refractivity contribution in [2.75, 3.05) is 26.2 Å². The highest BCUT2D eigenvalue weighted by Crippen LogP contribution is 2.20. The zero-order valence-corrected chi connectivity index (χ0v) is 12.2. The molecular weight excluding hydrogens is 274 g/mol. The zero-order valence-electron chi connectivity index (χ0n) is 12.2. The van der Waals surface area contributed by atoms with Gasteiger partial charge in [0.2, 0.25) is 5.91 Å². The van der Waals surface area contributed by atoms with Gasteiger partial charge in [0.05, 0.1) is 0 Å². The van der Waals surface area contributed by atoms with E-state index in [4.69, 9.17) is 5.11 Å². The van der Waals surface area contributed by atoms with E-state index in [1.54, 1.807) is 4.90 Å². The monoisotopic (exact) mass is 297 g/mol. The minimum Gasteiger partial charge on any atom is -0.481 e. The predicted octanol–water partition coefficient (Wildman–Crippen LogP) is 0.648. The van der Waals surface area contributed by atoms with E-state index in [0.29, 0.717) is 19.1 Å². The number of likely N-dealkylation sites (tertiary alicyclic amines) is 2. The molecule has 0 radical (unpaired) electrons. The fourth-order valence-corrected chi connectivity index (χ4v) is 2.99. The Morgan fingerprint density at radius 2 is 1.81 bits per heavy atom. The Bertz CT molecular complexity index is 407. The summed E-state index contributed by atoms with van der Waals surface area (Å²) in [5, 5.41) is 10.8. The molecule has 2 N–H and O–H groups in total. The highest BCUT2D eigenvalue weighted by atomic mass is 16.4. The minimum atomic E-state index is -0.929. The van der Waals surface area contributed by atoms with Crippen LogP contribution in [0.15, 0.2) is 0 Å². The second-order valence-corrected chi connectivity index (χ2v) is 5.73. The van der Waals surface area contributed by atoms with Crippen molar-refractivity contribution in [2.45, 2.75) is 44.6 Å². The first-order chi connectivity index (χ1) is 10.1. The quantitative estimate of drug-likeness (QED) is 0.777. The number of urea groups is 1. The van der Waals surface area contributed by atoms with Gasteiger partial charge in [-0.2, -0.15) is 0 Å². The molecule has 2 aliphatic rings. The van der Waals surface area contributed by atoms with Crippen molar-refractivity contribution >= 4 is 17.9 Å². The highest BCUT2D eigenvalue weighted by Gasteiger charge is 2.31. The van der Waals surface area contributed by atoms with Gasteiger partial charge < -0.3 is 10.0 Å². The number of hydrogen-bond donors (Lipinski definition) is 2. The van der Waals surface area contributed by atoms with Gasteiger partial charge in [-0.15, -0.1) is 0 Å². The Morgan fingerprint density at radius 3 is 2.48 bits per heavy atom. The molecule has 1 atom stereocenters. The first-order valence-corrected chi connectivity index (χ1v) is 7.61. The van der Waals surface area contributed by atoms with Crippen LogP contribution in [-0.4, -0.2) is 65.0 Å². The maximum absolute atomic E-state index is 12.0. The van der Waals surface area contributed by atoms with Gasteiger partial charge in [0.25, 0.3) is 0 Å². The lowest BCUT2D eigenvalue weighted by Crippen LogP contribution is -2.43. The summed E-state index contributed by atoms with van der Waals surface area (Å²) in [4.78, 5) is 38.0. The standard InChI is InChI=1S/C14H23N3O4/c18-12(4-3-5-13(19)20)15-14(21)17-9-6-11(10-17)16-7-1-2-8-16/h11H,1-10H2,(H,19,20)(H,15,18,21). The minimum absolute atomic E-state index is 0.0532. The van der Waals surface area contributed by atoms with Crippen LogP contribution in [0.1, 0.15) is 38.5 Å². The summed E-state index contributed by atoms with van der Waals surface area (Å²) in [7, 11) is 0. The molecule has 2 heterocycles. The number of aliphatic carboxylic acids is 1. The van der Waals surface area contributed by atoms with E-state index in [-0.39, 0.29) is 25.3 Å². The zero-order chi connectivity index (χ0) is 15.2. The van der Waals surface area contributed by atoms with Crippen LogP contribution in [0.25, 0.3) is 0 Å². The smallest absolute Gasteiger partial charge is 0.324 e. The highest BCUT2D eigenvalue weighted by molar-refractivity contribution is 5.94. The summed E-state index contributed by atoms with van der Waals surface area (Å²) in [6.07, 6.45) is 3.69. The van der Waals surface area contributed by atoms with Gasteiger partial charge in [0.15, 0.2) is 0 Å². The van der Waals surface area contributed by atoms with Crippen LogP contribution in [0.5, 0.6) is 0 Å². The molecule has 0 aromatic carbocycles. The van der Waals surface area contributed by atoms with Gasteiger partial charge in [-0.05, 0) is 38.8 Å². The van der Waals surface area contributed by atoms with E-state index < -0.39 is 11.9 Å². The molecule has 0 saturated carbocycles. The largest absolute Gasteiger partial charge is 0.481 e. The van der Waals surface area contributed by atoms with E-state index in [9.17, 15) is 14.4 Å². The predicted molar refractivity (Wildman–Crippen MR) is 75.8 cm³/mol. The maximum Gasteiger partial charge on any atom is 0.324 e. The van der Waals surface area contributed by atoms with E-state index >= 15 is 0 Å². The third-order valence-corrected chi connectivity index (χ3v) is 4.15. The van der Waals surface area contributed by atoms with Crippen molar-refractivity contribution in [2.24, 2.45) is 0 Å². The molecule has 3 amide bonds. The number of nitrogens with zero attached hydrogens (tertiary/aromatic N) is 2. The lowest BCUT2D eigenvalue weighted by Gasteiger charge is -2.23. The number of carbonyl (C=O) groups excluding carboxylic acids is 2. The van der Waals surface area contributed by atoms with Gasteiger partial charge in [-0.1, -0.05) is 0 Å². The third-order valence-electron chi connectivity index (χ3n) is 4.15. The average molecular weight is 297 g/mol. The van der Waals surface area contributed by atoms with Crippen LogP contribution in [0.4, 0.5) is 4.79 Å². The number of nitrogens with one attached hydrogen (secondary N) is 1. The molecule has 0 aliphatic carbocycles. The summed E-state index contributed by atoms with van der Waals surface area (Å²) in [5.74, 6) is -1.33. The first kappa shape index (κ1) is 15.8. The number of imide groups is 1. The summed E-state index contributed by atoms with van der Waals surface area (Å²) in [6, 6.07) is 0.0670. The average Bonchev–Trinajstić information content (AvgIpc) is 3.09. The number of carboxylic acids is 1. The number of carboxylic acid groups (broad SMARTS) is 1. The second-order valence-electron chi connectivity index (χ2n) is 5.73. The topological polar surface area (TPSA) is 89.9 Å². The van der Waals surface area contributed by atoms with Crippen molar-refractivity contribution in [1.82, 2.24) is 15.1 Å². The molecular formula is C14H23N3O4. The Labute approximate surface area is 124 Å². The SMILES string of the molecule is O=C(O)CCCC(=O)NC(=O)N1CCC(N2CCCC2)C1. The van der Waals surface area contributed by atoms with Gasteiger partial charge in [-0.3, -0.25) is 19.8 Å². The van der Waals surface area contributed by atoms with E-state index in [1.165, 1.54) is 12.8 Å². The summed E-state index contributed by atoms with van der Waals surface area (Å²) >= 11 is 0. The van der Waals surface area contributed by atoms with Gasteiger partial charge in [-0.25, -0.2) is 4.79 Å². The van der Waals surface area contributed by atoms with E-state index in [0.717, 1.165) is 19.5 Å². The Hall–Kier alpha value is -1.63. The van der Waals surface area contributed by atoms with E-state index in [1.807, 2.05) is 0 Å². The number of carbonyl (C=O) groups is 3. The van der Waals surface area contributed by atoms with Crippen LogP contribution in [0.3, 0.4) is 0 Å². The van der Waals surface area contributed by atoms with Crippen LogP contribution in [0.2, 0.25) is 0 Å². The molecule has 2 rings (SSSR count). The second kappa shape index (κ2) is 7.40. The van der Waals surface area contributed by atoms with Crippen LogP contribution >= 0.6 is 0 Å². The molecule has 0 aromatic heterocycles. The molecule has 7 nitrogen and oxygen atoms in total. The van der Waals surface area contributed by atoms with Gasteiger partial charge >= 0.3 is 12.0 Å². The van der Waals surface area contributed by atoms with Gasteiger partial charge in [0.1, 0.15) is 0 Å². The van der Waals surface area contributed by atoms with Crippen molar-refractivity contribution in [1.29, 1.82) is 0 Å². The van der Waals surface area contributed by atoms with Gasteiger partial charge in [0, 0.05) is 32.0 Å². The lowest BCUT2D eigenvalue weighted by molar-refractivity contribution is -0.137. The van der Waals surface area contributed by atoms with Crippen molar-refractivity contribution < 1.29 is 19.5 Å². The summed E-state index contributed by atoms with van der Waals surface area (Å²) in [6.45, 7) is 3.56. The Morgan fingerprint density at radius 1 is 1.10 bits per heavy atom. The molecule has 21 heavy (non-hydrogen) atoms. The molecule has 2 saturated heterocycles. The summed E-state index contributed by atoms with van der Waals surface area (Å²) in [5.41, 5.74) is 0. The summed E-state index contributed by atoms with van der Waals surface area (Å²) < 4.78 is 0. The number of amides is 3. The molecule has 7 heteroatoms. The van der Waals surface area contributed by atoms with Crippen molar-refractivity contribution in [3.05, 3.63) is 0 Å². The third kappa shape index (κ3) is 4.70. The molecule has 2 fully saturated rings. The molecule has 0 spiro atoms.